The first-order valence-electron chi connectivity index (χ1n) is 5.80. The molecule has 0 saturated heterocycles. The van der Waals surface area contributed by atoms with E-state index in [1.54, 1.807) is 12.1 Å². The lowest BCUT2D eigenvalue weighted by Crippen LogP contribution is -1.85. The second-order valence-corrected chi connectivity index (χ2v) is 4.26. The van der Waals surface area contributed by atoms with Gasteiger partial charge in [0, 0.05) is 11.6 Å². The number of imidazole rings is 1. The van der Waals surface area contributed by atoms with Crippen LogP contribution in [0.25, 0.3) is 22.4 Å². The first-order chi connectivity index (χ1) is 9.58. The largest absolute Gasteiger partial charge is 0.504 e. The number of hydrogen-bond acceptors (Lipinski definition) is 3. The molecule has 3 aromatic rings. The van der Waals surface area contributed by atoms with Gasteiger partial charge in [-0.15, -0.1) is 0 Å². The van der Waals surface area contributed by atoms with Crippen LogP contribution in [0.5, 0.6) is 11.5 Å². The summed E-state index contributed by atoms with van der Waals surface area (Å²) in [6.07, 6.45) is 0. The van der Waals surface area contributed by atoms with E-state index in [1.807, 2.05) is 0 Å². The summed E-state index contributed by atoms with van der Waals surface area (Å²) < 4.78 is 31.6. The number of aromatic amines is 1. The molecular formula is C14H10F2N2O2. The normalized spacial score (nSPS) is 10.9. The van der Waals surface area contributed by atoms with E-state index in [0.717, 1.165) is 12.1 Å². The molecule has 1 aromatic heterocycles. The van der Waals surface area contributed by atoms with Gasteiger partial charge in [-0.25, -0.2) is 13.8 Å². The number of rotatable bonds is 2. The Labute approximate surface area is 112 Å². The van der Waals surface area contributed by atoms with Crippen molar-refractivity contribution in [2.45, 2.75) is 0 Å². The topological polar surface area (TPSA) is 58.1 Å². The van der Waals surface area contributed by atoms with Crippen LogP contribution in [0, 0.1) is 11.6 Å². The summed E-state index contributed by atoms with van der Waals surface area (Å²) in [6, 6.07) is 6.60. The number of fused-ring (bicyclic) bond motifs is 1. The van der Waals surface area contributed by atoms with E-state index in [2.05, 4.69) is 9.97 Å². The minimum atomic E-state index is -0.736. The van der Waals surface area contributed by atoms with Crippen molar-refractivity contribution < 1.29 is 18.6 Å². The van der Waals surface area contributed by atoms with E-state index in [0.29, 0.717) is 17.1 Å². The SMILES string of the molecule is COc1ccc(-c2nc3c(F)cc(F)cc3[nH]2)cc1O. The van der Waals surface area contributed by atoms with Gasteiger partial charge in [0.1, 0.15) is 17.2 Å². The van der Waals surface area contributed by atoms with Crippen LogP contribution in [-0.2, 0) is 0 Å². The zero-order chi connectivity index (χ0) is 14.3. The predicted molar refractivity (Wildman–Crippen MR) is 69.7 cm³/mol. The lowest BCUT2D eigenvalue weighted by atomic mass is 10.2. The van der Waals surface area contributed by atoms with Crippen LogP contribution in [0.2, 0.25) is 0 Å². The molecule has 0 aliphatic carbocycles. The van der Waals surface area contributed by atoms with Crippen LogP contribution in [0.4, 0.5) is 8.78 Å². The summed E-state index contributed by atoms with van der Waals surface area (Å²) >= 11 is 0. The van der Waals surface area contributed by atoms with Gasteiger partial charge >= 0.3 is 0 Å². The molecule has 0 fully saturated rings. The molecule has 2 aromatic carbocycles. The molecule has 0 saturated carbocycles. The number of hydrogen-bond donors (Lipinski definition) is 2. The molecule has 0 atom stereocenters. The number of methoxy groups -OCH3 is 1. The first-order valence-corrected chi connectivity index (χ1v) is 5.80. The van der Waals surface area contributed by atoms with Gasteiger partial charge in [-0.2, -0.15) is 0 Å². The summed E-state index contributed by atoms with van der Waals surface area (Å²) in [4.78, 5) is 6.89. The Morgan fingerprint density at radius 2 is 2.00 bits per heavy atom. The van der Waals surface area contributed by atoms with Crippen molar-refractivity contribution >= 4 is 11.0 Å². The number of nitrogens with one attached hydrogen (secondary N) is 1. The van der Waals surface area contributed by atoms with E-state index in [4.69, 9.17) is 4.74 Å². The van der Waals surface area contributed by atoms with Gasteiger partial charge in [0.05, 0.1) is 12.6 Å². The molecule has 0 aliphatic rings. The standard InChI is InChI=1S/C14H10F2N2O2/c1-20-12-3-2-7(4-11(12)19)14-17-10-6-8(15)5-9(16)13(10)18-14/h2-6,19H,1H3,(H,17,18). The van der Waals surface area contributed by atoms with Crippen molar-refractivity contribution in [1.29, 1.82) is 0 Å². The maximum absolute atomic E-state index is 13.6. The number of phenols is 1. The molecule has 6 heteroatoms. The molecule has 3 rings (SSSR count). The van der Waals surface area contributed by atoms with Crippen LogP contribution in [0.1, 0.15) is 0 Å². The summed E-state index contributed by atoms with van der Waals surface area (Å²) in [6.45, 7) is 0. The van der Waals surface area contributed by atoms with Crippen LogP contribution in [0.15, 0.2) is 30.3 Å². The van der Waals surface area contributed by atoms with Crippen LogP contribution in [-0.4, -0.2) is 22.2 Å². The second-order valence-electron chi connectivity index (χ2n) is 4.26. The van der Waals surface area contributed by atoms with Crippen molar-refractivity contribution in [3.8, 4) is 22.9 Å². The highest BCUT2D eigenvalue weighted by Gasteiger charge is 2.12. The average molecular weight is 276 g/mol. The average Bonchev–Trinajstić information content (AvgIpc) is 2.82. The number of ether oxygens (including phenoxy) is 1. The summed E-state index contributed by atoms with van der Waals surface area (Å²) in [5.74, 6) is -0.815. The molecule has 102 valence electrons. The van der Waals surface area contributed by atoms with Gasteiger partial charge in [-0.3, -0.25) is 0 Å². The number of halogens is 2. The Hall–Kier alpha value is -2.63. The zero-order valence-electron chi connectivity index (χ0n) is 10.4. The highest BCUT2D eigenvalue weighted by Crippen LogP contribution is 2.31. The van der Waals surface area contributed by atoms with Gasteiger partial charge in [0.2, 0.25) is 0 Å². The van der Waals surface area contributed by atoms with E-state index >= 15 is 0 Å². The van der Waals surface area contributed by atoms with Gasteiger partial charge in [0.25, 0.3) is 0 Å². The summed E-state index contributed by atoms with van der Waals surface area (Å²) in [5, 5.41) is 9.73. The Kier molecular flexibility index (Phi) is 2.78. The molecule has 0 radical (unpaired) electrons. The van der Waals surface area contributed by atoms with E-state index in [9.17, 15) is 13.9 Å². The molecule has 1 heterocycles. The van der Waals surface area contributed by atoms with Crippen LogP contribution in [0.3, 0.4) is 0 Å². The number of H-pyrrole nitrogens is 1. The van der Waals surface area contributed by atoms with Crippen molar-refractivity contribution in [3.05, 3.63) is 42.0 Å². The number of aromatic nitrogens is 2. The molecule has 4 nitrogen and oxygen atoms in total. The fourth-order valence-corrected chi connectivity index (χ4v) is 2.02. The van der Waals surface area contributed by atoms with Crippen molar-refractivity contribution in [2.24, 2.45) is 0 Å². The minimum Gasteiger partial charge on any atom is -0.504 e. The lowest BCUT2D eigenvalue weighted by molar-refractivity contribution is 0.373. The lowest BCUT2D eigenvalue weighted by Gasteiger charge is -2.04. The number of phenolic OH excluding ortho intramolecular Hbond substituents is 1. The third-order valence-electron chi connectivity index (χ3n) is 2.96. The molecular weight excluding hydrogens is 266 g/mol. The molecule has 0 aliphatic heterocycles. The minimum absolute atomic E-state index is 0.0525. The number of benzene rings is 2. The molecule has 20 heavy (non-hydrogen) atoms. The number of aromatic hydroxyl groups is 1. The summed E-state index contributed by atoms with van der Waals surface area (Å²) in [5.41, 5.74) is 0.851. The monoisotopic (exact) mass is 276 g/mol. The van der Waals surface area contributed by atoms with Crippen LogP contribution < -0.4 is 4.74 Å². The van der Waals surface area contributed by atoms with Gasteiger partial charge in [-0.1, -0.05) is 0 Å². The van der Waals surface area contributed by atoms with Gasteiger partial charge in [-0.05, 0) is 24.3 Å². The molecule has 2 N–H and O–H groups in total. The van der Waals surface area contributed by atoms with E-state index in [1.165, 1.54) is 13.2 Å². The Morgan fingerprint density at radius 1 is 1.20 bits per heavy atom. The maximum atomic E-state index is 13.6. The van der Waals surface area contributed by atoms with E-state index in [-0.39, 0.29) is 16.8 Å². The molecule has 0 spiro atoms. The van der Waals surface area contributed by atoms with Gasteiger partial charge in [0.15, 0.2) is 17.3 Å². The quantitative estimate of drug-likeness (QED) is 0.755. The second kappa shape index (κ2) is 4.48. The van der Waals surface area contributed by atoms with E-state index < -0.39 is 11.6 Å². The third kappa shape index (κ3) is 1.95. The van der Waals surface area contributed by atoms with Crippen molar-refractivity contribution in [1.82, 2.24) is 9.97 Å². The Morgan fingerprint density at radius 3 is 2.70 bits per heavy atom. The number of nitrogens with zero attached hydrogens (tertiary/aromatic N) is 1. The van der Waals surface area contributed by atoms with Gasteiger partial charge < -0.3 is 14.8 Å². The molecule has 0 amide bonds. The Balaban J connectivity index is 2.15. The maximum Gasteiger partial charge on any atom is 0.160 e. The van der Waals surface area contributed by atoms with Crippen molar-refractivity contribution in [2.75, 3.05) is 7.11 Å². The molecule has 0 unspecified atom stereocenters. The fraction of sp³-hybridized carbons (Fsp3) is 0.0714. The highest BCUT2D eigenvalue weighted by molar-refractivity contribution is 5.80. The molecule has 0 bridgehead atoms. The Bertz CT molecular complexity index is 799. The smallest absolute Gasteiger partial charge is 0.160 e. The first kappa shape index (κ1) is 12.4. The third-order valence-corrected chi connectivity index (χ3v) is 2.96. The summed E-state index contributed by atoms with van der Waals surface area (Å²) in [7, 11) is 1.44. The zero-order valence-corrected chi connectivity index (χ0v) is 10.4. The fourth-order valence-electron chi connectivity index (χ4n) is 2.02. The van der Waals surface area contributed by atoms with Crippen LogP contribution >= 0.6 is 0 Å². The van der Waals surface area contributed by atoms with Crippen molar-refractivity contribution in [3.63, 3.8) is 0 Å². The highest BCUT2D eigenvalue weighted by atomic mass is 19.1. The predicted octanol–water partition coefficient (Wildman–Crippen LogP) is 3.22.